The molecule has 2 aliphatic rings. The molecule has 126 valence electrons. The molecule has 24 heavy (non-hydrogen) atoms. The van der Waals surface area contributed by atoms with Gasteiger partial charge in [-0.2, -0.15) is 0 Å². The molecule has 2 aromatic rings. The molecule has 0 bridgehead atoms. The van der Waals surface area contributed by atoms with Crippen molar-refractivity contribution in [1.82, 2.24) is 15.3 Å². The normalized spacial score (nSPS) is 19.8. The van der Waals surface area contributed by atoms with Gasteiger partial charge in [-0.05, 0) is 24.5 Å². The SMILES string of the molecule is O=C1NCCc2[nH]cc(-c3ccnc(OCC[C@@H]4CCCO4)c3)c21. The summed E-state index contributed by atoms with van der Waals surface area (Å²) in [6.07, 6.45) is 7.89. The number of carbonyl (C=O) groups excluding carboxylic acids is 1. The van der Waals surface area contributed by atoms with Crippen LogP contribution in [0.5, 0.6) is 5.88 Å². The Morgan fingerprint density at radius 1 is 1.42 bits per heavy atom. The number of nitrogens with one attached hydrogen (secondary N) is 2. The number of hydrogen-bond acceptors (Lipinski definition) is 4. The van der Waals surface area contributed by atoms with Crippen molar-refractivity contribution in [3.05, 3.63) is 35.8 Å². The fourth-order valence-corrected chi connectivity index (χ4v) is 3.36. The van der Waals surface area contributed by atoms with Gasteiger partial charge in [-0.15, -0.1) is 0 Å². The highest BCUT2D eigenvalue weighted by Crippen LogP contribution is 2.29. The number of carbonyl (C=O) groups is 1. The van der Waals surface area contributed by atoms with Crippen molar-refractivity contribution in [2.45, 2.75) is 31.8 Å². The molecule has 1 atom stereocenters. The Kier molecular flexibility index (Phi) is 4.21. The zero-order chi connectivity index (χ0) is 16.4. The van der Waals surface area contributed by atoms with Crippen molar-refractivity contribution in [3.63, 3.8) is 0 Å². The van der Waals surface area contributed by atoms with Crippen LogP contribution in [0.15, 0.2) is 24.5 Å². The van der Waals surface area contributed by atoms with Crippen molar-refractivity contribution in [1.29, 1.82) is 0 Å². The largest absolute Gasteiger partial charge is 0.478 e. The first-order chi connectivity index (χ1) is 11.8. The Labute approximate surface area is 140 Å². The summed E-state index contributed by atoms with van der Waals surface area (Å²) in [7, 11) is 0. The molecule has 0 radical (unpaired) electrons. The van der Waals surface area contributed by atoms with Crippen LogP contribution in [0, 0.1) is 0 Å². The fraction of sp³-hybridized carbons (Fsp3) is 0.444. The Hall–Kier alpha value is -2.34. The molecule has 0 aliphatic carbocycles. The van der Waals surface area contributed by atoms with Crippen molar-refractivity contribution in [2.75, 3.05) is 19.8 Å². The van der Waals surface area contributed by atoms with E-state index in [1.54, 1.807) is 6.20 Å². The van der Waals surface area contributed by atoms with Crippen LogP contribution in [0.4, 0.5) is 0 Å². The molecule has 0 unspecified atom stereocenters. The number of ether oxygens (including phenoxy) is 2. The van der Waals surface area contributed by atoms with Crippen LogP contribution in [0.2, 0.25) is 0 Å². The lowest BCUT2D eigenvalue weighted by atomic mass is 10.00. The summed E-state index contributed by atoms with van der Waals surface area (Å²) in [5, 5.41) is 2.89. The summed E-state index contributed by atoms with van der Waals surface area (Å²) >= 11 is 0. The minimum atomic E-state index is -0.0230. The molecule has 1 saturated heterocycles. The number of hydrogen-bond donors (Lipinski definition) is 2. The molecule has 2 aliphatic heterocycles. The third-order valence-electron chi connectivity index (χ3n) is 4.61. The average Bonchev–Trinajstić information content (AvgIpc) is 3.25. The number of pyridine rings is 1. The van der Waals surface area contributed by atoms with Gasteiger partial charge in [0.25, 0.3) is 5.91 Å². The second-order valence-electron chi connectivity index (χ2n) is 6.22. The molecule has 0 aromatic carbocycles. The first kappa shape index (κ1) is 15.2. The third kappa shape index (κ3) is 3.01. The third-order valence-corrected chi connectivity index (χ3v) is 4.61. The predicted octanol–water partition coefficient (Wildman–Crippen LogP) is 2.31. The minimum absolute atomic E-state index is 0.0230. The summed E-state index contributed by atoms with van der Waals surface area (Å²) in [4.78, 5) is 19.6. The van der Waals surface area contributed by atoms with Gasteiger partial charge in [-0.25, -0.2) is 4.98 Å². The minimum Gasteiger partial charge on any atom is -0.478 e. The van der Waals surface area contributed by atoms with E-state index in [9.17, 15) is 4.79 Å². The molecule has 2 N–H and O–H groups in total. The van der Waals surface area contributed by atoms with Crippen LogP contribution >= 0.6 is 0 Å². The second-order valence-corrected chi connectivity index (χ2v) is 6.22. The molecular weight excluding hydrogens is 306 g/mol. The van der Waals surface area contributed by atoms with E-state index in [2.05, 4.69) is 15.3 Å². The highest BCUT2D eigenvalue weighted by atomic mass is 16.5. The van der Waals surface area contributed by atoms with Crippen LogP contribution < -0.4 is 10.1 Å². The van der Waals surface area contributed by atoms with Crippen molar-refractivity contribution in [2.24, 2.45) is 0 Å². The molecular formula is C18H21N3O3. The van der Waals surface area contributed by atoms with Gasteiger partial charge in [0.2, 0.25) is 5.88 Å². The van der Waals surface area contributed by atoms with Gasteiger partial charge in [0, 0.05) is 55.7 Å². The summed E-state index contributed by atoms with van der Waals surface area (Å²) in [5.41, 5.74) is 3.56. The highest BCUT2D eigenvalue weighted by molar-refractivity contribution is 6.03. The van der Waals surface area contributed by atoms with Gasteiger partial charge >= 0.3 is 0 Å². The lowest BCUT2D eigenvalue weighted by Crippen LogP contribution is -2.31. The maximum atomic E-state index is 12.2. The monoisotopic (exact) mass is 327 g/mol. The van der Waals surface area contributed by atoms with E-state index in [0.29, 0.717) is 25.1 Å². The fourth-order valence-electron chi connectivity index (χ4n) is 3.36. The lowest BCUT2D eigenvalue weighted by molar-refractivity contribution is 0.0896. The van der Waals surface area contributed by atoms with Gasteiger partial charge in [0.1, 0.15) is 0 Å². The van der Waals surface area contributed by atoms with Crippen LogP contribution in [0.1, 0.15) is 35.3 Å². The van der Waals surface area contributed by atoms with Crippen molar-refractivity contribution >= 4 is 5.91 Å². The maximum absolute atomic E-state index is 12.2. The summed E-state index contributed by atoms with van der Waals surface area (Å²) in [5.74, 6) is 0.557. The van der Waals surface area contributed by atoms with E-state index in [4.69, 9.17) is 9.47 Å². The van der Waals surface area contributed by atoms with E-state index >= 15 is 0 Å². The molecule has 0 saturated carbocycles. The maximum Gasteiger partial charge on any atom is 0.253 e. The first-order valence-corrected chi connectivity index (χ1v) is 8.50. The van der Waals surface area contributed by atoms with Crippen LogP contribution in [-0.2, 0) is 11.2 Å². The molecule has 6 nitrogen and oxygen atoms in total. The van der Waals surface area contributed by atoms with E-state index < -0.39 is 0 Å². The average molecular weight is 327 g/mol. The summed E-state index contributed by atoms with van der Waals surface area (Å²) < 4.78 is 11.4. The van der Waals surface area contributed by atoms with Crippen LogP contribution in [-0.4, -0.2) is 41.7 Å². The smallest absolute Gasteiger partial charge is 0.253 e. The van der Waals surface area contributed by atoms with E-state index in [0.717, 1.165) is 54.7 Å². The first-order valence-electron chi connectivity index (χ1n) is 8.50. The molecule has 1 fully saturated rings. The molecule has 2 aromatic heterocycles. The molecule has 6 heteroatoms. The molecule has 0 spiro atoms. The zero-order valence-corrected chi connectivity index (χ0v) is 13.5. The summed E-state index contributed by atoms with van der Waals surface area (Å²) in [6.45, 7) is 2.13. The lowest BCUT2D eigenvalue weighted by Gasteiger charge is -2.14. The van der Waals surface area contributed by atoms with Crippen LogP contribution in [0.25, 0.3) is 11.1 Å². The molecule has 4 rings (SSSR count). The van der Waals surface area contributed by atoms with Crippen molar-refractivity contribution < 1.29 is 14.3 Å². The van der Waals surface area contributed by atoms with E-state index in [1.807, 2.05) is 18.3 Å². The predicted molar refractivity (Wildman–Crippen MR) is 89.1 cm³/mol. The Bertz CT molecular complexity index is 735. The van der Waals surface area contributed by atoms with Gasteiger partial charge < -0.3 is 19.8 Å². The van der Waals surface area contributed by atoms with E-state index in [1.165, 1.54) is 0 Å². The van der Waals surface area contributed by atoms with Gasteiger partial charge in [-0.3, -0.25) is 4.79 Å². The van der Waals surface area contributed by atoms with Crippen molar-refractivity contribution in [3.8, 4) is 17.0 Å². The summed E-state index contributed by atoms with van der Waals surface area (Å²) in [6, 6.07) is 3.79. The Balaban J connectivity index is 1.48. The van der Waals surface area contributed by atoms with E-state index in [-0.39, 0.29) is 5.91 Å². The number of fused-ring (bicyclic) bond motifs is 1. The number of aromatic amines is 1. The number of aromatic nitrogens is 2. The Morgan fingerprint density at radius 3 is 3.25 bits per heavy atom. The van der Waals surface area contributed by atoms with Gasteiger partial charge in [0.15, 0.2) is 0 Å². The number of H-pyrrole nitrogens is 1. The highest BCUT2D eigenvalue weighted by Gasteiger charge is 2.23. The zero-order valence-electron chi connectivity index (χ0n) is 13.5. The number of rotatable bonds is 5. The molecule has 1 amide bonds. The topological polar surface area (TPSA) is 76.2 Å². The standard InChI is InChI=1S/C18H21N3O3/c22-18-17-14(11-21-15(17)4-7-20-18)12-3-6-19-16(10-12)24-9-5-13-2-1-8-23-13/h3,6,10-11,13,21H,1-2,4-5,7-9H2,(H,20,22)/t13-/m0/s1. The van der Waals surface area contributed by atoms with Gasteiger partial charge in [0.05, 0.1) is 18.3 Å². The van der Waals surface area contributed by atoms with Crippen LogP contribution in [0.3, 0.4) is 0 Å². The Morgan fingerprint density at radius 2 is 2.38 bits per heavy atom. The number of amides is 1. The molecule has 4 heterocycles. The van der Waals surface area contributed by atoms with Gasteiger partial charge in [-0.1, -0.05) is 0 Å². The second kappa shape index (κ2) is 6.65. The number of nitrogens with zero attached hydrogens (tertiary/aromatic N) is 1. The quantitative estimate of drug-likeness (QED) is 0.883.